The van der Waals surface area contributed by atoms with Gasteiger partial charge in [0.15, 0.2) is 0 Å². The minimum Gasteiger partial charge on any atom is -0.468 e. The molecule has 1 spiro atoms. The topological polar surface area (TPSA) is 150 Å². The summed E-state index contributed by atoms with van der Waals surface area (Å²) in [7, 11) is 1.31. The first-order valence-electron chi connectivity index (χ1n) is 13.3. The fourth-order valence-corrected chi connectivity index (χ4v) is 6.28. The molecular weight excluding hydrogens is 568 g/mol. The number of carbonyl (C=O) groups is 2. The Hall–Kier alpha value is -4.02. The van der Waals surface area contributed by atoms with E-state index in [1.54, 1.807) is 31.6 Å². The van der Waals surface area contributed by atoms with Gasteiger partial charge in [0, 0.05) is 44.8 Å². The Balaban J connectivity index is 0.000000163. The van der Waals surface area contributed by atoms with Gasteiger partial charge in [-0.3, -0.25) is 34.7 Å². The molecule has 0 radical (unpaired) electrons. The zero-order valence-corrected chi connectivity index (χ0v) is 23.9. The van der Waals surface area contributed by atoms with Crippen LogP contribution >= 0.6 is 0 Å². The van der Waals surface area contributed by atoms with Crippen molar-refractivity contribution in [3.8, 4) is 0 Å². The predicted octanol–water partition coefficient (Wildman–Crippen LogP) is 4.75. The molecule has 4 aromatic rings. The summed E-state index contributed by atoms with van der Waals surface area (Å²) in [5.41, 5.74) is 4.17. The van der Waals surface area contributed by atoms with Crippen molar-refractivity contribution in [2.24, 2.45) is 0 Å². The van der Waals surface area contributed by atoms with Gasteiger partial charge in [0.1, 0.15) is 11.6 Å². The first-order valence-corrected chi connectivity index (χ1v) is 13.3. The third-order valence-corrected chi connectivity index (χ3v) is 8.59. The van der Waals surface area contributed by atoms with E-state index in [2.05, 4.69) is 25.3 Å². The minimum absolute atomic E-state index is 0. The van der Waals surface area contributed by atoms with Crippen LogP contribution < -0.4 is 5.32 Å². The number of rotatable bonds is 3. The molecule has 2 fully saturated rings. The Bertz CT molecular complexity index is 1730. The van der Waals surface area contributed by atoms with Crippen molar-refractivity contribution >= 4 is 45.1 Å². The van der Waals surface area contributed by atoms with Gasteiger partial charge in [0.25, 0.3) is 5.69 Å². The number of aryl methyl sites for hydroxylation is 2. The molecule has 0 unspecified atom stereocenters. The third kappa shape index (κ3) is 4.33. The SMILES string of the molecule is COC(=O)C1(c2c([N+](=O)[O-])cnc3cnc(C)cc23)CCC1.Cc1cc2c3c(cnc2cn1)NC(=O)C31CCC1.[Fe]. The molecule has 41 heavy (non-hydrogen) atoms. The zero-order chi connectivity index (χ0) is 28.2. The number of fused-ring (bicyclic) bond motifs is 5. The normalized spacial score (nSPS) is 17.3. The van der Waals surface area contributed by atoms with Gasteiger partial charge < -0.3 is 10.1 Å². The van der Waals surface area contributed by atoms with Crippen LogP contribution in [0.2, 0.25) is 0 Å². The zero-order valence-electron chi connectivity index (χ0n) is 22.8. The fourth-order valence-electron chi connectivity index (χ4n) is 6.28. The van der Waals surface area contributed by atoms with E-state index in [0.29, 0.717) is 29.3 Å². The number of anilines is 1. The number of hydrogen-bond donors (Lipinski definition) is 1. The van der Waals surface area contributed by atoms with Crippen LogP contribution in [-0.4, -0.2) is 43.8 Å². The Kier molecular flexibility index (Phi) is 7.25. The smallest absolute Gasteiger partial charge is 0.316 e. The largest absolute Gasteiger partial charge is 0.468 e. The number of nitro groups is 1. The quantitative estimate of drug-likeness (QED) is 0.153. The molecule has 4 aromatic heterocycles. The molecule has 1 amide bonds. The molecule has 0 saturated heterocycles. The van der Waals surface area contributed by atoms with Crippen LogP contribution in [0.15, 0.2) is 36.9 Å². The van der Waals surface area contributed by atoms with Crippen molar-refractivity contribution in [1.29, 1.82) is 0 Å². The van der Waals surface area contributed by atoms with E-state index in [-0.39, 0.29) is 34.1 Å². The second-order valence-electron chi connectivity index (χ2n) is 10.8. The van der Waals surface area contributed by atoms with E-state index >= 15 is 0 Å². The number of carbonyl (C=O) groups excluding carboxylic acids is 2. The molecule has 1 aliphatic heterocycles. The van der Waals surface area contributed by atoms with Crippen molar-refractivity contribution in [2.45, 2.75) is 63.2 Å². The van der Waals surface area contributed by atoms with Gasteiger partial charge in [-0.1, -0.05) is 12.8 Å². The van der Waals surface area contributed by atoms with Crippen molar-refractivity contribution in [3.63, 3.8) is 0 Å². The van der Waals surface area contributed by atoms with E-state index in [1.807, 2.05) is 13.0 Å². The maximum Gasteiger partial charge on any atom is 0.316 e. The number of amides is 1. The molecule has 2 aliphatic carbocycles. The summed E-state index contributed by atoms with van der Waals surface area (Å²) < 4.78 is 4.93. The van der Waals surface area contributed by atoms with E-state index in [1.165, 1.54) is 13.3 Å². The number of methoxy groups -OCH3 is 1. The summed E-state index contributed by atoms with van der Waals surface area (Å²) in [6, 6.07) is 3.79. The molecular formula is C29H28FeN6O5. The second-order valence-corrected chi connectivity index (χ2v) is 10.8. The first-order chi connectivity index (χ1) is 19.2. The second kappa shape index (κ2) is 10.4. The molecule has 11 nitrogen and oxygen atoms in total. The molecule has 0 aromatic carbocycles. The van der Waals surface area contributed by atoms with Crippen molar-refractivity contribution in [3.05, 3.63) is 69.5 Å². The first kappa shape index (κ1) is 28.5. The maximum absolute atomic E-state index is 12.3. The summed E-state index contributed by atoms with van der Waals surface area (Å²) in [4.78, 5) is 52.4. The number of pyridine rings is 4. The van der Waals surface area contributed by atoms with Crippen LogP contribution in [-0.2, 0) is 42.2 Å². The maximum atomic E-state index is 12.3. The van der Waals surface area contributed by atoms with E-state index in [0.717, 1.165) is 59.2 Å². The number of nitrogens with zero attached hydrogens (tertiary/aromatic N) is 5. The van der Waals surface area contributed by atoms with Crippen LogP contribution in [0, 0.1) is 24.0 Å². The average Bonchev–Trinajstić information content (AvgIpc) is 3.21. The standard InChI is InChI=1S/C15H15N3O4.C14H13N3O.Fe/c1-9-6-10-11(7-16-9)17-8-12(18(20)21)13(10)15(4-3-5-15)14(19)22-2;1-8-5-9-10(6-15-8)16-7-11-12(9)14(3-2-4-14)13(18)17-11;/h6-8H,3-5H2,1-2H3;5-7H,2-4H2,1H3,(H,17,18);. The van der Waals surface area contributed by atoms with Crippen LogP contribution in [0.4, 0.5) is 11.4 Å². The Morgan fingerprint density at radius 3 is 1.95 bits per heavy atom. The summed E-state index contributed by atoms with van der Waals surface area (Å²) >= 11 is 0. The molecule has 12 heteroatoms. The molecule has 212 valence electrons. The molecule has 7 rings (SSSR count). The van der Waals surface area contributed by atoms with Gasteiger partial charge in [-0.2, -0.15) is 0 Å². The van der Waals surface area contributed by atoms with Crippen molar-refractivity contribution in [1.82, 2.24) is 19.9 Å². The average molecular weight is 596 g/mol. The van der Waals surface area contributed by atoms with Gasteiger partial charge in [-0.15, -0.1) is 0 Å². The molecule has 0 bridgehead atoms. The Morgan fingerprint density at radius 2 is 1.46 bits per heavy atom. The number of hydrogen-bond acceptors (Lipinski definition) is 9. The fraction of sp³-hybridized carbons (Fsp3) is 0.379. The van der Waals surface area contributed by atoms with Gasteiger partial charge in [0.05, 0.1) is 58.3 Å². The molecule has 1 N–H and O–H groups in total. The van der Waals surface area contributed by atoms with Crippen LogP contribution in [0.25, 0.3) is 21.8 Å². The molecule has 5 heterocycles. The number of ether oxygens (including phenoxy) is 1. The molecule has 0 atom stereocenters. The predicted molar refractivity (Wildman–Crippen MR) is 147 cm³/mol. The Labute approximate surface area is 246 Å². The van der Waals surface area contributed by atoms with Crippen LogP contribution in [0.3, 0.4) is 0 Å². The van der Waals surface area contributed by atoms with Gasteiger partial charge in [-0.05, 0) is 51.7 Å². The minimum atomic E-state index is -0.952. The summed E-state index contributed by atoms with van der Waals surface area (Å²) in [6.45, 7) is 3.77. The third-order valence-electron chi connectivity index (χ3n) is 8.59. The number of nitrogens with one attached hydrogen (secondary N) is 1. The van der Waals surface area contributed by atoms with Gasteiger partial charge >= 0.3 is 5.97 Å². The van der Waals surface area contributed by atoms with E-state index in [9.17, 15) is 19.7 Å². The van der Waals surface area contributed by atoms with Crippen molar-refractivity contribution in [2.75, 3.05) is 12.4 Å². The summed E-state index contributed by atoms with van der Waals surface area (Å²) in [6.07, 6.45) is 11.3. The van der Waals surface area contributed by atoms with E-state index < -0.39 is 16.3 Å². The monoisotopic (exact) mass is 596 g/mol. The van der Waals surface area contributed by atoms with Crippen LogP contribution in [0.1, 0.15) is 61.0 Å². The van der Waals surface area contributed by atoms with Crippen LogP contribution in [0.5, 0.6) is 0 Å². The molecule has 2 saturated carbocycles. The summed E-state index contributed by atoms with van der Waals surface area (Å²) in [5.74, 6) is -0.281. The van der Waals surface area contributed by atoms with E-state index in [4.69, 9.17) is 4.74 Å². The van der Waals surface area contributed by atoms with Gasteiger partial charge in [-0.25, -0.2) is 4.98 Å². The van der Waals surface area contributed by atoms with Crippen molar-refractivity contribution < 1.29 is 36.3 Å². The number of esters is 1. The number of aromatic nitrogens is 4. The Morgan fingerprint density at radius 1 is 0.902 bits per heavy atom. The molecule has 3 aliphatic rings. The van der Waals surface area contributed by atoms with Gasteiger partial charge in [0.2, 0.25) is 5.91 Å². The summed E-state index contributed by atoms with van der Waals surface area (Å²) in [5, 5.41) is 16.1.